The molecule has 2 aliphatic carbocycles. The van der Waals surface area contributed by atoms with Crippen LogP contribution in [0.1, 0.15) is 32.1 Å². The van der Waals surface area contributed by atoms with Gasteiger partial charge in [-0.3, -0.25) is 9.50 Å². The number of hydrogen-bond donors (Lipinski definition) is 1. The second-order valence-electron chi connectivity index (χ2n) is 9.60. The van der Waals surface area contributed by atoms with Crippen molar-refractivity contribution in [3.8, 4) is 11.4 Å². The van der Waals surface area contributed by atoms with Crippen LogP contribution in [0, 0.1) is 17.3 Å². The fourth-order valence-corrected chi connectivity index (χ4v) is 6.80. The van der Waals surface area contributed by atoms with Gasteiger partial charge in [-0.2, -0.15) is 5.10 Å². The SMILES string of the molecule is Clc1n[nH]c2ccc(-c3ncc4c(N5CCC6(CC5)CC5CC5C6)nccn34)c(Cl)c12. The maximum atomic E-state index is 6.73. The van der Waals surface area contributed by atoms with Crippen LogP contribution in [0.2, 0.25) is 10.2 Å². The Kier molecular flexibility index (Phi) is 3.75. The molecular formula is C23H22Cl2N6. The summed E-state index contributed by atoms with van der Waals surface area (Å²) in [5, 5.41) is 8.63. The molecule has 0 amide bonds. The standard InChI is InChI=1S/C23H22Cl2N6/c24-19-15(1-2-16-18(19)20(25)29-28-16)21-27-12-17-22(26-5-8-31(17)21)30-6-3-23(4-7-30)10-13-9-14(13)11-23/h1-2,5,8,12-14H,3-4,6-7,9-11H2,(H,28,29). The van der Waals surface area contributed by atoms with E-state index in [-0.39, 0.29) is 0 Å². The zero-order valence-corrected chi connectivity index (χ0v) is 18.5. The number of aromatic amines is 1. The fourth-order valence-electron chi connectivity index (χ4n) is 6.17. The van der Waals surface area contributed by atoms with E-state index in [9.17, 15) is 0 Å². The highest BCUT2D eigenvalue weighted by Gasteiger charge is 2.54. The molecule has 3 aromatic heterocycles. The van der Waals surface area contributed by atoms with E-state index in [4.69, 9.17) is 33.2 Å². The number of halogens is 2. The molecule has 1 aromatic carbocycles. The van der Waals surface area contributed by atoms with Crippen LogP contribution < -0.4 is 4.90 Å². The molecule has 2 atom stereocenters. The van der Waals surface area contributed by atoms with Crippen molar-refractivity contribution in [1.82, 2.24) is 24.6 Å². The number of benzene rings is 1. The van der Waals surface area contributed by atoms with Gasteiger partial charge < -0.3 is 4.90 Å². The Morgan fingerprint density at radius 1 is 1.06 bits per heavy atom. The van der Waals surface area contributed by atoms with E-state index in [1.54, 1.807) is 0 Å². The first kappa shape index (κ1) is 18.3. The van der Waals surface area contributed by atoms with E-state index in [1.165, 1.54) is 32.1 Å². The van der Waals surface area contributed by atoms with E-state index < -0.39 is 0 Å². The van der Waals surface area contributed by atoms with Crippen molar-refractivity contribution in [2.75, 3.05) is 18.0 Å². The van der Waals surface area contributed by atoms with Crippen molar-refractivity contribution in [1.29, 1.82) is 0 Å². The summed E-state index contributed by atoms with van der Waals surface area (Å²) in [6.07, 6.45) is 12.7. The predicted molar refractivity (Wildman–Crippen MR) is 123 cm³/mol. The summed E-state index contributed by atoms with van der Waals surface area (Å²) >= 11 is 13.0. The van der Waals surface area contributed by atoms with Gasteiger partial charge in [0.05, 0.1) is 22.1 Å². The molecule has 1 N–H and O–H groups in total. The Labute approximate surface area is 189 Å². The Morgan fingerprint density at radius 2 is 1.87 bits per heavy atom. The second kappa shape index (κ2) is 6.36. The monoisotopic (exact) mass is 452 g/mol. The summed E-state index contributed by atoms with van der Waals surface area (Å²) in [6.45, 7) is 2.15. The number of H-pyrrole nitrogens is 1. The van der Waals surface area contributed by atoms with Gasteiger partial charge in [0.1, 0.15) is 11.3 Å². The van der Waals surface area contributed by atoms with E-state index in [0.717, 1.165) is 58.6 Å². The van der Waals surface area contributed by atoms with Gasteiger partial charge in [0, 0.05) is 31.0 Å². The summed E-state index contributed by atoms with van der Waals surface area (Å²) in [4.78, 5) is 11.9. The number of hydrogen-bond acceptors (Lipinski definition) is 4. The molecule has 6 nitrogen and oxygen atoms in total. The number of aromatic nitrogens is 5. The zero-order valence-electron chi connectivity index (χ0n) is 17.0. The van der Waals surface area contributed by atoms with Crippen molar-refractivity contribution >= 4 is 45.4 Å². The maximum absolute atomic E-state index is 6.73. The maximum Gasteiger partial charge on any atom is 0.160 e. The van der Waals surface area contributed by atoms with Gasteiger partial charge in [-0.25, -0.2) is 9.97 Å². The number of fused-ring (bicyclic) bond motifs is 3. The molecule has 1 spiro atoms. The van der Waals surface area contributed by atoms with Gasteiger partial charge in [-0.1, -0.05) is 23.2 Å². The van der Waals surface area contributed by atoms with Crippen LogP contribution in [-0.4, -0.2) is 37.7 Å². The lowest BCUT2D eigenvalue weighted by Crippen LogP contribution is -2.40. The first-order valence-corrected chi connectivity index (χ1v) is 11.8. The third-order valence-corrected chi connectivity index (χ3v) is 8.55. The lowest BCUT2D eigenvalue weighted by molar-refractivity contribution is 0.202. The van der Waals surface area contributed by atoms with Crippen LogP contribution in [-0.2, 0) is 0 Å². The van der Waals surface area contributed by atoms with Crippen LogP contribution in [0.5, 0.6) is 0 Å². The minimum Gasteiger partial charge on any atom is -0.355 e. The predicted octanol–water partition coefficient (Wildman–Crippen LogP) is 5.60. The molecule has 0 radical (unpaired) electrons. The van der Waals surface area contributed by atoms with Crippen molar-refractivity contribution in [3.05, 3.63) is 40.9 Å². The third-order valence-electron chi connectivity index (χ3n) is 7.89. The van der Waals surface area contributed by atoms with Crippen LogP contribution in [0.4, 0.5) is 5.82 Å². The molecule has 4 heterocycles. The summed E-state index contributed by atoms with van der Waals surface area (Å²) in [6, 6.07) is 3.90. The van der Waals surface area contributed by atoms with Crippen molar-refractivity contribution < 1.29 is 0 Å². The Morgan fingerprint density at radius 3 is 2.68 bits per heavy atom. The fraction of sp³-hybridized carbons (Fsp3) is 0.435. The van der Waals surface area contributed by atoms with E-state index >= 15 is 0 Å². The molecule has 3 fully saturated rings. The van der Waals surface area contributed by atoms with Gasteiger partial charge in [0.2, 0.25) is 0 Å². The first-order chi connectivity index (χ1) is 15.1. The molecule has 4 aromatic rings. The largest absolute Gasteiger partial charge is 0.355 e. The average Bonchev–Trinajstić information content (AvgIpc) is 3.10. The van der Waals surface area contributed by atoms with Crippen molar-refractivity contribution in [2.24, 2.45) is 17.3 Å². The van der Waals surface area contributed by atoms with Crippen LogP contribution in [0.15, 0.2) is 30.7 Å². The molecule has 1 aliphatic heterocycles. The Bertz CT molecular complexity index is 1320. The van der Waals surface area contributed by atoms with Gasteiger partial charge in [-0.15, -0.1) is 0 Å². The van der Waals surface area contributed by atoms with E-state index in [1.807, 2.05) is 30.7 Å². The number of imidazole rings is 1. The van der Waals surface area contributed by atoms with Gasteiger partial charge in [-0.05, 0) is 61.5 Å². The van der Waals surface area contributed by atoms with Crippen LogP contribution >= 0.6 is 23.2 Å². The second-order valence-corrected chi connectivity index (χ2v) is 10.3. The summed E-state index contributed by atoms with van der Waals surface area (Å²) in [7, 11) is 0. The molecule has 8 heteroatoms. The normalized spacial score (nSPS) is 24.4. The first-order valence-electron chi connectivity index (χ1n) is 11.0. The molecule has 7 rings (SSSR count). The number of anilines is 1. The van der Waals surface area contributed by atoms with Gasteiger partial charge in [0.25, 0.3) is 0 Å². The highest BCUT2D eigenvalue weighted by molar-refractivity contribution is 6.43. The molecular weight excluding hydrogens is 431 g/mol. The molecule has 2 saturated carbocycles. The number of nitrogens with zero attached hydrogens (tertiary/aromatic N) is 5. The molecule has 0 bridgehead atoms. The minimum absolute atomic E-state index is 0.372. The average molecular weight is 453 g/mol. The van der Waals surface area contributed by atoms with Crippen molar-refractivity contribution in [2.45, 2.75) is 32.1 Å². The molecule has 2 unspecified atom stereocenters. The van der Waals surface area contributed by atoms with Gasteiger partial charge in [0.15, 0.2) is 11.0 Å². The highest BCUT2D eigenvalue weighted by atomic mass is 35.5. The molecule has 158 valence electrons. The smallest absolute Gasteiger partial charge is 0.160 e. The number of piperidine rings is 1. The topological polar surface area (TPSA) is 62.1 Å². The van der Waals surface area contributed by atoms with Gasteiger partial charge >= 0.3 is 0 Å². The number of nitrogens with one attached hydrogen (secondary N) is 1. The highest BCUT2D eigenvalue weighted by Crippen LogP contribution is 2.63. The molecule has 1 saturated heterocycles. The third kappa shape index (κ3) is 2.67. The molecule has 3 aliphatic rings. The summed E-state index contributed by atoms with van der Waals surface area (Å²) < 4.78 is 2.08. The Hall–Kier alpha value is -2.31. The van der Waals surface area contributed by atoms with Crippen molar-refractivity contribution in [3.63, 3.8) is 0 Å². The van der Waals surface area contributed by atoms with Crippen LogP contribution in [0.25, 0.3) is 27.8 Å². The number of rotatable bonds is 2. The zero-order chi connectivity index (χ0) is 20.7. The molecule has 31 heavy (non-hydrogen) atoms. The van der Waals surface area contributed by atoms with E-state index in [0.29, 0.717) is 15.6 Å². The lowest BCUT2D eigenvalue weighted by Gasteiger charge is -2.41. The van der Waals surface area contributed by atoms with Crippen LogP contribution in [0.3, 0.4) is 0 Å². The minimum atomic E-state index is 0.372. The Balaban J connectivity index is 1.25. The lowest BCUT2D eigenvalue weighted by atomic mass is 9.74. The van der Waals surface area contributed by atoms with E-state index in [2.05, 4.69) is 19.5 Å². The summed E-state index contributed by atoms with van der Waals surface area (Å²) in [5.41, 5.74) is 3.26. The summed E-state index contributed by atoms with van der Waals surface area (Å²) in [5.74, 6) is 3.87. The quantitative estimate of drug-likeness (QED) is 0.430.